The first-order valence-electron chi connectivity index (χ1n) is 7.38. The fraction of sp³-hybridized carbons (Fsp3) is 0. The largest absolute Gasteiger partial charge is 0.211 e. The van der Waals surface area contributed by atoms with Crippen molar-refractivity contribution in [3.05, 3.63) is 78.1 Å². The Bertz CT molecular complexity index is 1080. The molecule has 0 aliphatic heterocycles. The van der Waals surface area contributed by atoms with Gasteiger partial charge in [0.2, 0.25) is 0 Å². The lowest BCUT2D eigenvalue weighted by Crippen LogP contribution is -1.96. The summed E-state index contributed by atoms with van der Waals surface area (Å²) in [6.45, 7) is 0. The number of pyridine rings is 1. The molecule has 0 unspecified atom stereocenters. The Hall–Kier alpha value is -3.52. The minimum Gasteiger partial charge on any atom is -0.211 e. The van der Waals surface area contributed by atoms with E-state index in [0.717, 1.165) is 11.3 Å². The van der Waals surface area contributed by atoms with Crippen LogP contribution in [-0.4, -0.2) is 14.6 Å². The second kappa shape index (κ2) is 5.60. The van der Waals surface area contributed by atoms with Crippen LogP contribution >= 0.6 is 0 Å². The molecule has 2 aromatic heterocycles. The van der Waals surface area contributed by atoms with E-state index in [-0.39, 0.29) is 5.82 Å². The van der Waals surface area contributed by atoms with Gasteiger partial charge < -0.3 is 0 Å². The molecule has 0 N–H and O–H groups in total. The quantitative estimate of drug-likeness (QED) is 0.560. The van der Waals surface area contributed by atoms with E-state index in [1.54, 1.807) is 28.8 Å². The fourth-order valence-corrected chi connectivity index (χ4v) is 2.63. The molecule has 2 aromatic carbocycles. The molecule has 5 heteroatoms. The van der Waals surface area contributed by atoms with Crippen LogP contribution in [0.4, 0.5) is 4.39 Å². The molecule has 0 aliphatic carbocycles. The summed E-state index contributed by atoms with van der Waals surface area (Å²) < 4.78 is 15.6. The molecule has 4 rings (SSSR count). The van der Waals surface area contributed by atoms with Crippen molar-refractivity contribution < 1.29 is 4.39 Å². The molecule has 4 aromatic rings. The third-order valence-electron chi connectivity index (χ3n) is 3.79. The monoisotopic (exact) mass is 314 g/mol. The highest BCUT2D eigenvalue weighted by molar-refractivity contribution is 5.69. The maximum atomic E-state index is 14.1. The summed E-state index contributed by atoms with van der Waals surface area (Å²) in [7, 11) is 0. The predicted octanol–water partition coefficient (Wildman–Crippen LogP) is 4.07. The predicted molar refractivity (Wildman–Crippen MR) is 88.5 cm³/mol. The third-order valence-corrected chi connectivity index (χ3v) is 3.79. The van der Waals surface area contributed by atoms with E-state index in [1.807, 2.05) is 36.4 Å². The Morgan fingerprint density at radius 1 is 0.917 bits per heavy atom. The number of hydrogen-bond acceptors (Lipinski definition) is 3. The number of fused-ring (bicyclic) bond motifs is 1. The number of nitriles is 1. The van der Waals surface area contributed by atoms with Crippen molar-refractivity contribution in [3.8, 4) is 28.7 Å². The van der Waals surface area contributed by atoms with Crippen LogP contribution in [0.5, 0.6) is 0 Å². The van der Waals surface area contributed by atoms with Crippen LogP contribution in [-0.2, 0) is 0 Å². The minimum atomic E-state index is -0.395. The minimum absolute atomic E-state index is 0.257. The summed E-state index contributed by atoms with van der Waals surface area (Å²) in [6.07, 6.45) is 0. The SMILES string of the molecule is N#Cc1ccc(-c2ccccc2)n2nc(-c3ccccc3F)nc12. The van der Waals surface area contributed by atoms with E-state index in [0.29, 0.717) is 16.8 Å². The molecule has 0 fully saturated rings. The zero-order valence-corrected chi connectivity index (χ0v) is 12.5. The number of nitrogens with zero attached hydrogens (tertiary/aromatic N) is 4. The lowest BCUT2D eigenvalue weighted by molar-refractivity contribution is 0.630. The van der Waals surface area contributed by atoms with E-state index in [2.05, 4.69) is 16.2 Å². The Kier molecular flexibility index (Phi) is 3.29. The van der Waals surface area contributed by atoms with Gasteiger partial charge in [-0.05, 0) is 24.3 Å². The average Bonchev–Trinajstić information content (AvgIpc) is 3.07. The first-order valence-corrected chi connectivity index (χ1v) is 7.38. The van der Waals surface area contributed by atoms with Gasteiger partial charge >= 0.3 is 0 Å². The Morgan fingerprint density at radius 2 is 1.67 bits per heavy atom. The van der Waals surface area contributed by atoms with Crippen molar-refractivity contribution in [2.45, 2.75) is 0 Å². The highest BCUT2D eigenvalue weighted by Crippen LogP contribution is 2.25. The van der Waals surface area contributed by atoms with Gasteiger partial charge in [0.25, 0.3) is 0 Å². The number of aromatic nitrogens is 3. The lowest BCUT2D eigenvalue weighted by atomic mass is 10.1. The molecule has 4 nitrogen and oxygen atoms in total. The van der Waals surface area contributed by atoms with Gasteiger partial charge in [-0.3, -0.25) is 0 Å². The van der Waals surface area contributed by atoms with Crippen LogP contribution in [0.25, 0.3) is 28.3 Å². The Morgan fingerprint density at radius 3 is 2.42 bits per heavy atom. The zero-order chi connectivity index (χ0) is 16.5. The van der Waals surface area contributed by atoms with Gasteiger partial charge in [-0.2, -0.15) is 5.26 Å². The lowest BCUT2D eigenvalue weighted by Gasteiger charge is -2.04. The van der Waals surface area contributed by atoms with Gasteiger partial charge in [0.05, 0.1) is 16.8 Å². The molecule has 114 valence electrons. The molecule has 0 bridgehead atoms. The number of benzene rings is 2. The maximum absolute atomic E-state index is 14.1. The van der Waals surface area contributed by atoms with Gasteiger partial charge in [-0.15, -0.1) is 5.10 Å². The van der Waals surface area contributed by atoms with Gasteiger partial charge in [0.15, 0.2) is 11.5 Å². The summed E-state index contributed by atoms with van der Waals surface area (Å²) in [5, 5.41) is 13.8. The molecule has 0 atom stereocenters. The summed E-state index contributed by atoms with van der Waals surface area (Å²) in [6, 6.07) is 21.6. The van der Waals surface area contributed by atoms with Crippen molar-refractivity contribution in [1.82, 2.24) is 14.6 Å². The number of rotatable bonds is 2. The van der Waals surface area contributed by atoms with Crippen LogP contribution in [0.3, 0.4) is 0 Å². The molecule has 2 heterocycles. The van der Waals surface area contributed by atoms with Crippen molar-refractivity contribution in [1.29, 1.82) is 5.26 Å². The van der Waals surface area contributed by atoms with E-state index < -0.39 is 5.82 Å². The Balaban J connectivity index is 2.01. The van der Waals surface area contributed by atoms with Gasteiger partial charge in [0.1, 0.15) is 11.9 Å². The first-order chi connectivity index (χ1) is 11.8. The summed E-state index contributed by atoms with van der Waals surface area (Å²) in [5.74, 6) is -0.138. The second-order valence-corrected chi connectivity index (χ2v) is 5.26. The first kappa shape index (κ1) is 14.1. The third kappa shape index (κ3) is 2.22. The Labute approximate surface area is 137 Å². The van der Waals surface area contributed by atoms with E-state index in [9.17, 15) is 9.65 Å². The summed E-state index contributed by atoms with van der Waals surface area (Å²) in [4.78, 5) is 4.39. The zero-order valence-electron chi connectivity index (χ0n) is 12.5. The van der Waals surface area contributed by atoms with Crippen LogP contribution in [0.2, 0.25) is 0 Å². The summed E-state index contributed by atoms with van der Waals surface area (Å²) >= 11 is 0. The van der Waals surface area contributed by atoms with Crippen LogP contribution in [0.15, 0.2) is 66.7 Å². The molecular weight excluding hydrogens is 303 g/mol. The maximum Gasteiger partial charge on any atom is 0.185 e. The van der Waals surface area contributed by atoms with Gasteiger partial charge in [0, 0.05) is 5.56 Å². The topological polar surface area (TPSA) is 54.0 Å². The van der Waals surface area contributed by atoms with Gasteiger partial charge in [-0.25, -0.2) is 13.9 Å². The van der Waals surface area contributed by atoms with Crippen molar-refractivity contribution in [2.75, 3.05) is 0 Å². The fourth-order valence-electron chi connectivity index (χ4n) is 2.63. The van der Waals surface area contributed by atoms with Crippen LogP contribution in [0, 0.1) is 17.1 Å². The highest BCUT2D eigenvalue weighted by Gasteiger charge is 2.15. The highest BCUT2D eigenvalue weighted by atomic mass is 19.1. The number of hydrogen-bond donors (Lipinski definition) is 0. The number of halogens is 1. The molecule has 0 radical (unpaired) electrons. The summed E-state index contributed by atoms with van der Waals surface area (Å²) in [5.41, 5.74) is 2.85. The smallest absolute Gasteiger partial charge is 0.185 e. The van der Waals surface area contributed by atoms with Crippen molar-refractivity contribution in [2.24, 2.45) is 0 Å². The molecule has 0 amide bonds. The second-order valence-electron chi connectivity index (χ2n) is 5.26. The van der Waals surface area contributed by atoms with Gasteiger partial charge in [-0.1, -0.05) is 42.5 Å². The molecular formula is C19H11FN4. The van der Waals surface area contributed by atoms with E-state index in [4.69, 9.17) is 0 Å². The molecule has 0 saturated carbocycles. The molecule has 0 spiro atoms. The van der Waals surface area contributed by atoms with Crippen molar-refractivity contribution >= 4 is 5.65 Å². The van der Waals surface area contributed by atoms with E-state index in [1.165, 1.54) is 6.07 Å². The van der Waals surface area contributed by atoms with Crippen LogP contribution in [0.1, 0.15) is 5.56 Å². The van der Waals surface area contributed by atoms with Crippen molar-refractivity contribution in [3.63, 3.8) is 0 Å². The van der Waals surface area contributed by atoms with E-state index >= 15 is 0 Å². The molecule has 0 aliphatic rings. The molecule has 24 heavy (non-hydrogen) atoms. The standard InChI is InChI=1S/C19H11FN4/c20-16-9-5-4-8-15(16)18-22-19-14(12-21)10-11-17(24(19)23-18)13-6-2-1-3-7-13/h1-11H. The van der Waals surface area contributed by atoms with Crippen LogP contribution < -0.4 is 0 Å². The molecule has 0 saturated heterocycles. The average molecular weight is 314 g/mol. The normalized spacial score (nSPS) is 10.7.